The van der Waals surface area contributed by atoms with Crippen LogP contribution in [0.4, 0.5) is 0 Å². The summed E-state index contributed by atoms with van der Waals surface area (Å²) in [5.41, 5.74) is 2.16. The van der Waals surface area contributed by atoms with Crippen LogP contribution in [0.2, 0.25) is 0 Å². The first kappa shape index (κ1) is 18.3. The Morgan fingerprint density at radius 2 is 2.12 bits per heavy atom. The topological polar surface area (TPSA) is 27.3 Å². The van der Waals surface area contributed by atoms with Crippen molar-refractivity contribution < 1.29 is 14.0 Å². The van der Waals surface area contributed by atoms with Crippen LogP contribution in [0.3, 0.4) is 0 Å². The second-order valence-electron chi connectivity index (χ2n) is 6.30. The molecule has 0 spiro atoms. The fourth-order valence-corrected chi connectivity index (χ4v) is 2.57. The molecule has 0 radical (unpaired) electrons. The number of nitrogens with zero attached hydrogens (tertiary/aromatic N) is 2. The van der Waals surface area contributed by atoms with Gasteiger partial charge < -0.3 is 9.47 Å². The van der Waals surface area contributed by atoms with Gasteiger partial charge in [0.1, 0.15) is 18.1 Å². The van der Waals surface area contributed by atoms with Crippen molar-refractivity contribution in [2.24, 2.45) is 7.05 Å². The lowest BCUT2D eigenvalue weighted by atomic mass is 10.1. The van der Waals surface area contributed by atoms with Gasteiger partial charge in [0.05, 0.1) is 32.9 Å². The van der Waals surface area contributed by atoms with Crippen LogP contribution in [0.15, 0.2) is 37.2 Å². The molecule has 0 aliphatic heterocycles. The summed E-state index contributed by atoms with van der Waals surface area (Å²) in [7, 11) is 2.06. The van der Waals surface area contributed by atoms with Crippen molar-refractivity contribution in [1.29, 1.82) is 0 Å². The molecule has 0 N–H and O–H groups in total. The summed E-state index contributed by atoms with van der Waals surface area (Å²) in [4.78, 5) is 0. The van der Waals surface area contributed by atoms with E-state index in [0.717, 1.165) is 36.4 Å². The zero-order valence-corrected chi connectivity index (χ0v) is 15.3. The molecule has 130 valence electrons. The van der Waals surface area contributed by atoms with Crippen molar-refractivity contribution in [3.63, 3.8) is 0 Å². The highest BCUT2D eigenvalue weighted by Crippen LogP contribution is 2.23. The summed E-state index contributed by atoms with van der Waals surface area (Å²) < 4.78 is 16.0. The molecule has 0 fully saturated rings. The Hall–Kier alpha value is -2.07. The number of benzene rings is 1. The molecule has 2 aromatic rings. The van der Waals surface area contributed by atoms with Gasteiger partial charge >= 0.3 is 0 Å². The zero-order valence-electron chi connectivity index (χ0n) is 15.3. The van der Waals surface area contributed by atoms with Crippen molar-refractivity contribution in [2.45, 2.75) is 46.4 Å². The van der Waals surface area contributed by atoms with Crippen molar-refractivity contribution in [3.05, 3.63) is 54.1 Å². The molecule has 0 saturated heterocycles. The summed E-state index contributed by atoms with van der Waals surface area (Å²) in [6.45, 7) is 12.4. The van der Waals surface area contributed by atoms with E-state index >= 15 is 0 Å². The van der Waals surface area contributed by atoms with Gasteiger partial charge in [-0.25, -0.2) is 9.13 Å². The largest absolute Gasteiger partial charge is 0.490 e. The Morgan fingerprint density at radius 1 is 1.33 bits per heavy atom. The standard InChI is InChI=1S/C20H29N2O2/c1-6-19-14-18(8-9-20(19)24-16(2)3)15-23-13-7-10-22-12-11-21(5)17(22)4/h6,8-9,11-12,14,16H,1,7,10,13,15H2,2-5H3/q+1. The van der Waals surface area contributed by atoms with Crippen molar-refractivity contribution in [1.82, 2.24) is 4.57 Å². The minimum Gasteiger partial charge on any atom is -0.490 e. The maximum atomic E-state index is 5.81. The number of rotatable bonds is 9. The molecule has 0 bridgehead atoms. The first-order valence-corrected chi connectivity index (χ1v) is 8.52. The second-order valence-corrected chi connectivity index (χ2v) is 6.30. The van der Waals surface area contributed by atoms with Crippen LogP contribution in [0.25, 0.3) is 6.08 Å². The molecule has 0 aliphatic carbocycles. The molecule has 0 unspecified atom stereocenters. The fourth-order valence-electron chi connectivity index (χ4n) is 2.57. The van der Waals surface area contributed by atoms with Gasteiger partial charge in [-0.3, -0.25) is 0 Å². The number of hydrogen-bond acceptors (Lipinski definition) is 2. The Bertz CT molecular complexity index is 674. The number of aryl methyl sites for hydroxylation is 2. The molecular formula is C20H29N2O2+. The van der Waals surface area contributed by atoms with Gasteiger partial charge in [0.25, 0.3) is 5.82 Å². The zero-order chi connectivity index (χ0) is 17.5. The molecule has 1 aromatic carbocycles. The predicted octanol–water partition coefficient (Wildman–Crippen LogP) is 3.66. The minimum absolute atomic E-state index is 0.157. The summed E-state index contributed by atoms with van der Waals surface area (Å²) in [5, 5.41) is 0. The van der Waals surface area contributed by atoms with E-state index in [9.17, 15) is 0 Å². The quantitative estimate of drug-likeness (QED) is 0.519. The lowest BCUT2D eigenvalue weighted by molar-refractivity contribution is -0.677. The molecule has 0 aliphatic rings. The molecule has 0 atom stereocenters. The maximum Gasteiger partial charge on any atom is 0.253 e. The van der Waals surface area contributed by atoms with Gasteiger partial charge in [-0.1, -0.05) is 18.7 Å². The van der Waals surface area contributed by atoms with E-state index in [1.165, 1.54) is 5.82 Å². The van der Waals surface area contributed by atoms with E-state index in [1.807, 2.05) is 26.0 Å². The average Bonchev–Trinajstić information content (AvgIpc) is 2.87. The Morgan fingerprint density at radius 3 is 2.75 bits per heavy atom. The van der Waals surface area contributed by atoms with Gasteiger partial charge in [-0.15, -0.1) is 0 Å². The van der Waals surface area contributed by atoms with Crippen LogP contribution < -0.4 is 9.30 Å². The fraction of sp³-hybridized carbons (Fsp3) is 0.450. The van der Waals surface area contributed by atoms with Gasteiger partial charge in [-0.2, -0.15) is 0 Å². The molecule has 4 heteroatoms. The van der Waals surface area contributed by atoms with Gasteiger partial charge in [0, 0.05) is 18.9 Å². The van der Waals surface area contributed by atoms with Gasteiger partial charge in [0.15, 0.2) is 0 Å². The third-order valence-corrected chi connectivity index (χ3v) is 4.01. The normalized spacial score (nSPS) is 11.0. The lowest BCUT2D eigenvalue weighted by Gasteiger charge is -2.13. The molecule has 1 heterocycles. The Labute approximate surface area is 145 Å². The summed E-state index contributed by atoms with van der Waals surface area (Å²) in [5.74, 6) is 2.13. The van der Waals surface area contributed by atoms with E-state index in [4.69, 9.17) is 9.47 Å². The van der Waals surface area contributed by atoms with E-state index < -0.39 is 0 Å². The minimum atomic E-state index is 0.157. The van der Waals surface area contributed by atoms with Crippen LogP contribution in [0, 0.1) is 6.92 Å². The first-order valence-electron chi connectivity index (χ1n) is 8.52. The Balaban J connectivity index is 1.79. The smallest absolute Gasteiger partial charge is 0.253 e. The van der Waals surface area contributed by atoms with Crippen LogP contribution >= 0.6 is 0 Å². The second kappa shape index (κ2) is 8.69. The molecule has 0 amide bonds. The monoisotopic (exact) mass is 329 g/mol. The molecular weight excluding hydrogens is 300 g/mol. The Kier molecular flexibility index (Phi) is 6.62. The van der Waals surface area contributed by atoms with Gasteiger partial charge in [0.2, 0.25) is 0 Å². The number of ether oxygens (including phenoxy) is 2. The van der Waals surface area contributed by atoms with E-state index in [2.05, 4.69) is 54.2 Å². The van der Waals surface area contributed by atoms with E-state index in [0.29, 0.717) is 6.61 Å². The van der Waals surface area contributed by atoms with Crippen LogP contribution in [-0.2, 0) is 24.9 Å². The van der Waals surface area contributed by atoms with Crippen molar-refractivity contribution in [3.8, 4) is 5.75 Å². The molecule has 1 aromatic heterocycles. The third-order valence-electron chi connectivity index (χ3n) is 4.01. The summed E-state index contributed by atoms with van der Waals surface area (Å²) in [6.07, 6.45) is 7.17. The van der Waals surface area contributed by atoms with Crippen LogP contribution in [0.5, 0.6) is 5.75 Å². The summed E-state index contributed by atoms with van der Waals surface area (Å²) >= 11 is 0. The predicted molar refractivity (Wildman–Crippen MR) is 96.9 cm³/mol. The highest BCUT2D eigenvalue weighted by atomic mass is 16.5. The molecule has 2 rings (SSSR count). The average molecular weight is 329 g/mol. The third kappa shape index (κ3) is 4.96. The van der Waals surface area contributed by atoms with Crippen molar-refractivity contribution in [2.75, 3.05) is 6.61 Å². The SMILES string of the molecule is C=Cc1cc(COCCCn2cc[n+](C)c2C)ccc1OC(C)C. The van der Waals surface area contributed by atoms with Gasteiger partial charge in [-0.05, 0) is 31.5 Å². The lowest BCUT2D eigenvalue weighted by Crippen LogP contribution is -2.29. The molecule has 4 nitrogen and oxygen atoms in total. The summed E-state index contributed by atoms with van der Waals surface area (Å²) in [6, 6.07) is 6.14. The maximum absolute atomic E-state index is 5.81. The van der Waals surface area contributed by atoms with Crippen LogP contribution in [0.1, 0.15) is 37.2 Å². The molecule has 0 saturated carbocycles. The van der Waals surface area contributed by atoms with E-state index in [1.54, 1.807) is 0 Å². The number of aromatic nitrogens is 2. The van der Waals surface area contributed by atoms with E-state index in [-0.39, 0.29) is 6.10 Å². The van der Waals surface area contributed by atoms with Crippen LogP contribution in [-0.4, -0.2) is 17.3 Å². The number of hydrogen-bond donors (Lipinski definition) is 0. The number of imidazole rings is 1. The highest BCUT2D eigenvalue weighted by molar-refractivity contribution is 5.56. The highest BCUT2D eigenvalue weighted by Gasteiger charge is 2.08. The van der Waals surface area contributed by atoms with Crippen molar-refractivity contribution >= 4 is 6.08 Å². The first-order chi connectivity index (χ1) is 11.5. The molecule has 24 heavy (non-hydrogen) atoms.